The molecule has 1 unspecified atom stereocenters. The summed E-state index contributed by atoms with van der Waals surface area (Å²) in [5.41, 5.74) is 5.51. The third kappa shape index (κ3) is 17.8. The van der Waals surface area contributed by atoms with Gasteiger partial charge < -0.3 is 38.5 Å². The molecule has 0 aliphatic carbocycles. The number of ether oxygens (including phenoxy) is 4. The number of aromatic nitrogens is 4. The van der Waals surface area contributed by atoms with Gasteiger partial charge in [-0.1, -0.05) is 104 Å². The van der Waals surface area contributed by atoms with Gasteiger partial charge in [0.15, 0.2) is 24.4 Å². The molecule has 4 aromatic rings. The van der Waals surface area contributed by atoms with Crippen LogP contribution in [0.3, 0.4) is 0 Å². The highest BCUT2D eigenvalue weighted by atomic mass is 32.2. The van der Waals surface area contributed by atoms with Crippen molar-refractivity contribution in [1.82, 2.24) is 39.2 Å². The van der Waals surface area contributed by atoms with Crippen molar-refractivity contribution >= 4 is 71.0 Å². The second kappa shape index (κ2) is 31.2. The molecule has 4 amide bonds. The number of cyclic esters (lactones) is 4. The van der Waals surface area contributed by atoms with Gasteiger partial charge in [0, 0.05) is 99.7 Å². The molecule has 3 aliphatic heterocycles. The Morgan fingerprint density at radius 1 is 0.409 bits per heavy atom. The summed E-state index contributed by atoms with van der Waals surface area (Å²) in [6, 6.07) is 14.0. The third-order valence-corrected chi connectivity index (χ3v) is 19.2. The zero-order chi connectivity index (χ0) is 64.3. The fourth-order valence-corrected chi connectivity index (χ4v) is 12.9. The first kappa shape index (κ1) is 68.8. The Labute approximate surface area is 527 Å². The molecule has 7 rings (SSSR count). The summed E-state index contributed by atoms with van der Waals surface area (Å²) in [5, 5.41) is 9.15. The maximum absolute atomic E-state index is 15.1. The number of esters is 4. The first-order chi connectivity index (χ1) is 41.7. The second-order valence-corrected chi connectivity index (χ2v) is 27.9. The summed E-state index contributed by atoms with van der Waals surface area (Å²) in [6.45, 7) is 18.7. The minimum atomic E-state index is -1.53. The van der Waals surface area contributed by atoms with E-state index in [0.29, 0.717) is 36.1 Å². The van der Waals surface area contributed by atoms with Crippen molar-refractivity contribution < 1.29 is 57.3 Å². The van der Waals surface area contributed by atoms with Crippen LogP contribution in [0.4, 0.5) is 0 Å². The van der Waals surface area contributed by atoms with Crippen LogP contribution >= 0.6 is 23.5 Å². The molecular weight excluding hydrogens is 1160 g/mol. The molecule has 3 aliphatic rings. The minimum Gasteiger partial charge on any atom is -0.451 e. The number of benzene rings is 2. The monoisotopic (exact) mass is 1250 g/mol. The summed E-state index contributed by atoms with van der Waals surface area (Å²) < 4.78 is 28.4. The van der Waals surface area contributed by atoms with Crippen molar-refractivity contribution in [3.05, 3.63) is 107 Å². The number of thioether (sulfide) groups is 2. The predicted molar refractivity (Wildman–Crippen MR) is 338 cm³/mol. The van der Waals surface area contributed by atoms with Gasteiger partial charge in [0.05, 0.1) is 13.1 Å². The summed E-state index contributed by atoms with van der Waals surface area (Å²) in [5.74, 6) is -2.32. The molecule has 0 bridgehead atoms. The van der Waals surface area contributed by atoms with E-state index in [4.69, 9.17) is 18.9 Å². The fraction of sp³-hybridized carbons (Fsp3) is 0.606. The maximum atomic E-state index is 15.1. The highest BCUT2D eigenvalue weighted by Gasteiger charge is 2.43. The molecule has 20 nitrogen and oxygen atoms in total. The van der Waals surface area contributed by atoms with Crippen molar-refractivity contribution in [1.29, 1.82) is 0 Å². The van der Waals surface area contributed by atoms with Gasteiger partial charge in [0.2, 0.25) is 0 Å². The van der Waals surface area contributed by atoms with Gasteiger partial charge in [-0.3, -0.25) is 28.5 Å². The van der Waals surface area contributed by atoms with Crippen molar-refractivity contribution in [2.75, 3.05) is 51.2 Å². The van der Waals surface area contributed by atoms with E-state index in [1.165, 1.54) is 51.8 Å². The lowest BCUT2D eigenvalue weighted by atomic mass is 9.99. The van der Waals surface area contributed by atoms with Crippen molar-refractivity contribution in [3.63, 3.8) is 0 Å². The van der Waals surface area contributed by atoms with Gasteiger partial charge in [0.1, 0.15) is 24.2 Å². The van der Waals surface area contributed by atoms with Gasteiger partial charge in [-0.2, -0.15) is 33.7 Å². The van der Waals surface area contributed by atoms with Gasteiger partial charge in [-0.05, 0) is 97.6 Å². The Hall–Kier alpha value is -6.68. The van der Waals surface area contributed by atoms with Crippen LogP contribution in [0.2, 0.25) is 0 Å². The molecule has 480 valence electrons. The van der Waals surface area contributed by atoms with E-state index >= 15 is 9.59 Å². The lowest BCUT2D eigenvalue weighted by molar-refractivity contribution is -0.176. The van der Waals surface area contributed by atoms with Gasteiger partial charge in [-0.15, -0.1) is 0 Å². The number of amides is 4. The van der Waals surface area contributed by atoms with E-state index in [1.807, 2.05) is 149 Å². The summed E-state index contributed by atoms with van der Waals surface area (Å²) in [7, 11) is 5.64. The van der Waals surface area contributed by atoms with Crippen LogP contribution in [0.15, 0.2) is 73.1 Å². The molecule has 0 N–H and O–H groups in total. The fourth-order valence-electron chi connectivity index (χ4n) is 11.3. The predicted octanol–water partition coefficient (Wildman–Crippen LogP) is 7.82. The average molecular weight is 1250 g/mol. The van der Waals surface area contributed by atoms with Crippen LogP contribution in [0.1, 0.15) is 140 Å². The maximum Gasteiger partial charge on any atom is 0.329 e. The quantitative estimate of drug-likeness (QED) is 0.0684. The van der Waals surface area contributed by atoms with Crippen LogP contribution < -0.4 is 0 Å². The normalized spacial score (nSPS) is 24.2. The standard InChI is InChI=1S/C66H92N8O12S2/c1-39(2)27-53-63(79)83-43(9)59(75)69(11)56(30-42(7)8)66(82)86-58(32-46-17-21-48(22-18-46)34-74-52(24-26-68-74)50-37-88-38-50)62(78)72(14)54(28-40(3)4)64(80)84-44(10)60(76)70(12)55(29-41(5)6)65(81)85-57(61(77)71(53)13)31-45-15-19-47(20-16-45)33-73-51(23-25-67-73)49-35-87-36-49/h15-26,39-44,49-50,53-58H,27-38H2,1-14H3/t43-,44-,53+,54?,55+,56+,57-,58-/m1/s1. The number of carbonyl (C=O) groups is 8. The zero-order valence-electron chi connectivity index (χ0n) is 53.8. The molecule has 0 spiro atoms. The largest absolute Gasteiger partial charge is 0.451 e. The molecule has 8 atom stereocenters. The van der Waals surface area contributed by atoms with Gasteiger partial charge in [-0.25, -0.2) is 19.2 Å². The highest BCUT2D eigenvalue weighted by molar-refractivity contribution is 8.00. The smallest absolute Gasteiger partial charge is 0.329 e. The van der Waals surface area contributed by atoms with E-state index in [-0.39, 0.29) is 62.2 Å². The van der Waals surface area contributed by atoms with Crippen LogP contribution in [0.25, 0.3) is 0 Å². The van der Waals surface area contributed by atoms with E-state index in [0.717, 1.165) is 55.3 Å². The van der Waals surface area contributed by atoms with E-state index in [1.54, 1.807) is 12.4 Å². The van der Waals surface area contributed by atoms with Crippen LogP contribution in [0, 0.1) is 23.7 Å². The molecular formula is C66H92N8O12S2. The number of nitrogens with zero attached hydrogens (tertiary/aromatic N) is 8. The van der Waals surface area contributed by atoms with Crippen LogP contribution in [-0.4, -0.2) is 186 Å². The molecule has 0 radical (unpaired) electrons. The minimum absolute atomic E-state index is 0.0872. The topological polar surface area (TPSA) is 222 Å². The number of hydrogen-bond acceptors (Lipinski definition) is 16. The average Bonchev–Trinajstić information content (AvgIpc) is 4.27. The number of carbonyl (C=O) groups excluding carboxylic acids is 8. The van der Waals surface area contributed by atoms with Gasteiger partial charge in [0.25, 0.3) is 23.6 Å². The Morgan fingerprint density at radius 2 is 0.682 bits per heavy atom. The molecule has 5 heterocycles. The van der Waals surface area contributed by atoms with Gasteiger partial charge >= 0.3 is 23.9 Å². The highest BCUT2D eigenvalue weighted by Crippen LogP contribution is 2.35. The molecule has 0 saturated carbocycles. The Morgan fingerprint density at radius 3 is 0.955 bits per heavy atom. The molecule has 2 aromatic carbocycles. The Balaban J connectivity index is 1.23. The Bertz CT molecular complexity index is 2830. The first-order valence-electron chi connectivity index (χ1n) is 30.9. The zero-order valence-corrected chi connectivity index (χ0v) is 55.4. The van der Waals surface area contributed by atoms with E-state index < -0.39 is 96.1 Å². The number of hydrogen-bond donors (Lipinski definition) is 0. The van der Waals surface area contributed by atoms with E-state index in [9.17, 15) is 28.8 Å². The third-order valence-electron chi connectivity index (χ3n) is 16.6. The molecule has 88 heavy (non-hydrogen) atoms. The summed E-state index contributed by atoms with van der Waals surface area (Å²) in [6.07, 6.45) is -2.32. The molecule has 3 fully saturated rings. The molecule has 22 heteroatoms. The van der Waals surface area contributed by atoms with Crippen LogP contribution in [0.5, 0.6) is 0 Å². The number of rotatable bonds is 18. The van der Waals surface area contributed by atoms with Crippen molar-refractivity contribution in [2.45, 2.75) is 181 Å². The lowest BCUT2D eigenvalue weighted by Crippen LogP contribution is -2.55. The van der Waals surface area contributed by atoms with E-state index in [2.05, 4.69) is 10.2 Å². The van der Waals surface area contributed by atoms with Crippen LogP contribution in [-0.2, 0) is 83.2 Å². The lowest BCUT2D eigenvalue weighted by Gasteiger charge is -2.35. The second-order valence-electron chi connectivity index (χ2n) is 25.7. The Kier molecular flexibility index (Phi) is 24.4. The summed E-state index contributed by atoms with van der Waals surface area (Å²) >= 11 is 3.79. The number of likely N-dealkylation sites (N-methyl/N-ethyl adjacent to an activating group) is 4. The molecule has 2 aromatic heterocycles. The first-order valence-corrected chi connectivity index (χ1v) is 33.2. The summed E-state index contributed by atoms with van der Waals surface area (Å²) in [4.78, 5) is 123. The SMILES string of the molecule is CC(C)CC1C(=O)O[C@H](C)C(=O)N(C)[C@@H](CC(C)C)C(=O)O[C@H](Cc2ccc(Cn3nccc3C3CSC3)cc2)C(=O)N(C)[C@@H](CC(C)C)C(=O)O[C@H](C)C(=O)N(C)[C@@H](CC(C)C)C(=O)O[C@H](Cc2ccc(Cn3nccc3C3CSC3)cc2)C(=O)N1C. The van der Waals surface area contributed by atoms with Crippen molar-refractivity contribution in [2.24, 2.45) is 23.7 Å². The van der Waals surface area contributed by atoms with Crippen molar-refractivity contribution in [3.8, 4) is 0 Å². The molecule has 3 saturated heterocycles.